The van der Waals surface area contributed by atoms with Crippen molar-refractivity contribution in [1.29, 1.82) is 0 Å². The fraction of sp³-hybridized carbons (Fsp3) is 0.467. The molecular formula is C15H21NO2. The maximum atomic E-state index is 5.91. The molecule has 18 heavy (non-hydrogen) atoms. The zero-order chi connectivity index (χ0) is 13.2. The molecule has 2 rings (SSSR count). The molecule has 0 aliphatic rings. The molecule has 1 aromatic heterocycles. The van der Waals surface area contributed by atoms with E-state index in [-0.39, 0.29) is 11.6 Å². The molecule has 0 aliphatic heterocycles. The van der Waals surface area contributed by atoms with Crippen LogP contribution in [0.3, 0.4) is 0 Å². The molecule has 0 saturated carbocycles. The summed E-state index contributed by atoms with van der Waals surface area (Å²) >= 11 is 0. The molecule has 0 radical (unpaired) electrons. The summed E-state index contributed by atoms with van der Waals surface area (Å²) in [4.78, 5) is 0. The highest BCUT2D eigenvalue weighted by Gasteiger charge is 2.32. The van der Waals surface area contributed by atoms with Crippen molar-refractivity contribution in [1.82, 2.24) is 5.32 Å². The largest absolute Gasteiger partial charge is 0.459 e. The van der Waals surface area contributed by atoms with E-state index < -0.39 is 0 Å². The van der Waals surface area contributed by atoms with Gasteiger partial charge in [0.05, 0.1) is 11.6 Å². The second-order valence-electron chi connectivity index (χ2n) is 4.94. The van der Waals surface area contributed by atoms with Crippen molar-refractivity contribution < 1.29 is 9.15 Å². The number of benzene rings is 1. The van der Waals surface area contributed by atoms with Gasteiger partial charge in [0.25, 0.3) is 0 Å². The maximum Gasteiger partial charge on any atom is 0.134 e. The lowest BCUT2D eigenvalue weighted by Crippen LogP contribution is -2.39. The monoisotopic (exact) mass is 247 g/mol. The smallest absolute Gasteiger partial charge is 0.134 e. The number of para-hydroxylation sites is 1. The molecule has 1 atom stereocenters. The zero-order valence-corrected chi connectivity index (χ0v) is 11.5. The highest BCUT2D eigenvalue weighted by molar-refractivity contribution is 5.77. The van der Waals surface area contributed by atoms with Gasteiger partial charge >= 0.3 is 0 Å². The summed E-state index contributed by atoms with van der Waals surface area (Å²) in [7, 11) is 1.93. The second-order valence-corrected chi connectivity index (χ2v) is 4.94. The molecule has 1 unspecified atom stereocenters. The molecule has 2 aromatic rings. The van der Waals surface area contributed by atoms with Crippen LogP contribution in [-0.4, -0.2) is 19.3 Å². The van der Waals surface area contributed by atoms with E-state index >= 15 is 0 Å². The zero-order valence-electron chi connectivity index (χ0n) is 11.5. The number of rotatable bonds is 5. The molecule has 3 heteroatoms. The lowest BCUT2D eigenvalue weighted by atomic mass is 9.96. The normalized spacial score (nSPS) is 14.0. The summed E-state index contributed by atoms with van der Waals surface area (Å²) < 4.78 is 11.7. The molecule has 1 aromatic carbocycles. The number of furan rings is 1. The molecule has 0 spiro atoms. The van der Waals surface area contributed by atoms with Gasteiger partial charge in [0.2, 0.25) is 0 Å². The van der Waals surface area contributed by atoms with Crippen LogP contribution in [0.25, 0.3) is 11.0 Å². The molecule has 0 aliphatic carbocycles. The predicted molar refractivity (Wildman–Crippen MR) is 73.7 cm³/mol. The summed E-state index contributed by atoms with van der Waals surface area (Å²) in [5, 5.41) is 4.41. The highest BCUT2D eigenvalue weighted by Crippen LogP contribution is 2.32. The van der Waals surface area contributed by atoms with Gasteiger partial charge in [0.1, 0.15) is 11.3 Å². The minimum atomic E-state index is -0.308. The van der Waals surface area contributed by atoms with E-state index in [0.29, 0.717) is 6.61 Å². The molecule has 0 amide bonds. The third-order valence-corrected chi connectivity index (χ3v) is 3.23. The van der Waals surface area contributed by atoms with E-state index in [1.165, 1.54) is 0 Å². The van der Waals surface area contributed by atoms with Crippen LogP contribution in [0.15, 0.2) is 34.7 Å². The minimum Gasteiger partial charge on any atom is -0.459 e. The van der Waals surface area contributed by atoms with Gasteiger partial charge in [-0.15, -0.1) is 0 Å². The fourth-order valence-corrected chi connectivity index (χ4v) is 2.43. The van der Waals surface area contributed by atoms with Gasteiger partial charge in [0.15, 0.2) is 0 Å². The third kappa shape index (κ3) is 2.42. The Hall–Kier alpha value is -1.32. The van der Waals surface area contributed by atoms with Crippen molar-refractivity contribution in [3.05, 3.63) is 36.1 Å². The number of fused-ring (bicyclic) bond motifs is 1. The summed E-state index contributed by atoms with van der Waals surface area (Å²) in [5.74, 6) is 0.914. The van der Waals surface area contributed by atoms with Crippen molar-refractivity contribution in [2.75, 3.05) is 13.7 Å². The van der Waals surface area contributed by atoms with Crippen LogP contribution in [0.2, 0.25) is 0 Å². The van der Waals surface area contributed by atoms with Gasteiger partial charge in [-0.25, -0.2) is 0 Å². The Morgan fingerprint density at radius 3 is 2.67 bits per heavy atom. The van der Waals surface area contributed by atoms with Crippen LogP contribution in [0.1, 0.15) is 32.6 Å². The van der Waals surface area contributed by atoms with E-state index in [1.807, 2.05) is 32.2 Å². The SMILES string of the molecule is CCOC(C)(C)C(NC)c1cc2ccccc2o1. The molecule has 1 heterocycles. The highest BCUT2D eigenvalue weighted by atomic mass is 16.5. The van der Waals surface area contributed by atoms with Crippen LogP contribution < -0.4 is 5.32 Å². The third-order valence-electron chi connectivity index (χ3n) is 3.23. The standard InChI is InChI=1S/C15H21NO2/c1-5-17-15(2,3)14(16-4)13-10-11-8-6-7-9-12(11)18-13/h6-10,14,16H,5H2,1-4H3. The molecule has 0 saturated heterocycles. The first kappa shape index (κ1) is 13.1. The van der Waals surface area contributed by atoms with E-state index in [4.69, 9.17) is 9.15 Å². The Bertz CT molecular complexity index is 483. The Labute approximate surface area is 108 Å². The Kier molecular flexibility index (Phi) is 3.73. The van der Waals surface area contributed by atoms with E-state index in [2.05, 4.69) is 31.3 Å². The minimum absolute atomic E-state index is 0.0323. The molecule has 3 nitrogen and oxygen atoms in total. The summed E-state index contributed by atoms with van der Waals surface area (Å²) in [6.07, 6.45) is 0. The number of nitrogens with one attached hydrogen (secondary N) is 1. The Balaban J connectivity index is 2.37. The second kappa shape index (κ2) is 5.12. The Morgan fingerprint density at radius 1 is 1.33 bits per heavy atom. The van der Waals surface area contributed by atoms with Crippen LogP contribution in [0.4, 0.5) is 0 Å². The van der Waals surface area contributed by atoms with Gasteiger partial charge in [-0.05, 0) is 40.0 Å². The van der Waals surface area contributed by atoms with Gasteiger partial charge in [-0.3, -0.25) is 0 Å². The number of likely N-dealkylation sites (N-methyl/N-ethyl adjacent to an activating group) is 1. The van der Waals surface area contributed by atoms with E-state index in [1.54, 1.807) is 0 Å². The summed E-state index contributed by atoms with van der Waals surface area (Å²) in [5.41, 5.74) is 0.609. The number of ether oxygens (including phenoxy) is 1. The quantitative estimate of drug-likeness (QED) is 0.878. The average molecular weight is 247 g/mol. The maximum absolute atomic E-state index is 5.91. The predicted octanol–water partition coefficient (Wildman–Crippen LogP) is 3.51. The molecular weight excluding hydrogens is 226 g/mol. The Morgan fingerprint density at radius 2 is 2.06 bits per heavy atom. The van der Waals surface area contributed by atoms with E-state index in [0.717, 1.165) is 16.7 Å². The van der Waals surface area contributed by atoms with Crippen LogP contribution >= 0.6 is 0 Å². The first-order valence-electron chi connectivity index (χ1n) is 6.38. The van der Waals surface area contributed by atoms with Crippen LogP contribution in [0, 0.1) is 0 Å². The molecule has 98 valence electrons. The van der Waals surface area contributed by atoms with Crippen LogP contribution in [0.5, 0.6) is 0 Å². The van der Waals surface area contributed by atoms with Crippen LogP contribution in [-0.2, 0) is 4.74 Å². The topological polar surface area (TPSA) is 34.4 Å². The first-order chi connectivity index (χ1) is 8.58. The molecule has 0 bridgehead atoms. The van der Waals surface area contributed by atoms with E-state index in [9.17, 15) is 0 Å². The van der Waals surface area contributed by atoms with Crippen molar-refractivity contribution in [3.63, 3.8) is 0 Å². The fourth-order valence-electron chi connectivity index (χ4n) is 2.43. The molecule has 0 fully saturated rings. The lowest BCUT2D eigenvalue weighted by Gasteiger charge is -2.32. The van der Waals surface area contributed by atoms with Crippen molar-refractivity contribution in [3.8, 4) is 0 Å². The lowest BCUT2D eigenvalue weighted by molar-refractivity contribution is -0.0418. The van der Waals surface area contributed by atoms with Gasteiger partial charge in [-0.1, -0.05) is 18.2 Å². The number of hydrogen-bond donors (Lipinski definition) is 1. The first-order valence-corrected chi connectivity index (χ1v) is 6.38. The average Bonchev–Trinajstić information content (AvgIpc) is 2.72. The molecule has 1 N–H and O–H groups in total. The van der Waals surface area contributed by atoms with Gasteiger partial charge in [0, 0.05) is 12.0 Å². The number of hydrogen-bond acceptors (Lipinski definition) is 3. The summed E-state index contributed by atoms with van der Waals surface area (Å²) in [6.45, 7) is 6.84. The van der Waals surface area contributed by atoms with Gasteiger partial charge < -0.3 is 14.5 Å². The van der Waals surface area contributed by atoms with Crippen molar-refractivity contribution >= 4 is 11.0 Å². The summed E-state index contributed by atoms with van der Waals surface area (Å²) in [6, 6.07) is 10.2. The van der Waals surface area contributed by atoms with Gasteiger partial charge in [-0.2, -0.15) is 0 Å². The van der Waals surface area contributed by atoms with Crippen molar-refractivity contribution in [2.24, 2.45) is 0 Å². The van der Waals surface area contributed by atoms with Crippen molar-refractivity contribution in [2.45, 2.75) is 32.4 Å².